The van der Waals surface area contributed by atoms with Crippen LogP contribution in [0.25, 0.3) is 0 Å². The zero-order valence-corrected chi connectivity index (χ0v) is 16.3. The summed E-state index contributed by atoms with van der Waals surface area (Å²) in [6.07, 6.45) is -3.40. The van der Waals surface area contributed by atoms with Crippen LogP contribution in [-0.2, 0) is 11.0 Å². The van der Waals surface area contributed by atoms with Crippen LogP contribution in [0, 0.1) is 13.8 Å². The molecule has 0 saturated carbocycles. The summed E-state index contributed by atoms with van der Waals surface area (Å²) in [5.74, 6) is -0.977. The first-order chi connectivity index (χ1) is 13.1. The van der Waals surface area contributed by atoms with Gasteiger partial charge in [0, 0.05) is 11.6 Å². The molecule has 0 aromatic heterocycles. The summed E-state index contributed by atoms with van der Waals surface area (Å²) in [5.41, 5.74) is 2.14. The molecule has 28 heavy (non-hydrogen) atoms. The first-order valence-electron chi connectivity index (χ1n) is 9.02. The van der Waals surface area contributed by atoms with Gasteiger partial charge in [-0.05, 0) is 61.6 Å². The second-order valence-corrected chi connectivity index (χ2v) is 7.64. The Labute approximate surface area is 166 Å². The molecule has 3 nitrogen and oxygen atoms in total. The van der Waals surface area contributed by atoms with Crippen LogP contribution in [0.1, 0.15) is 46.7 Å². The second kappa shape index (κ2) is 7.76. The lowest BCUT2D eigenvalue weighted by molar-refractivity contribution is -0.143. The third-order valence-corrected chi connectivity index (χ3v) is 5.59. The summed E-state index contributed by atoms with van der Waals surface area (Å²) in [5, 5.41) is 9.83. The predicted octanol–water partition coefficient (Wildman–Crippen LogP) is 5.61. The van der Waals surface area contributed by atoms with Crippen molar-refractivity contribution in [2.75, 3.05) is 6.54 Å². The Kier molecular flexibility index (Phi) is 5.73. The number of likely N-dealkylation sites (tertiary alicyclic amines) is 1. The van der Waals surface area contributed by atoms with Crippen LogP contribution in [0.5, 0.6) is 0 Å². The largest absolute Gasteiger partial charge is 0.480 e. The number of alkyl halides is 3. The van der Waals surface area contributed by atoms with Crippen molar-refractivity contribution in [1.29, 1.82) is 0 Å². The van der Waals surface area contributed by atoms with Gasteiger partial charge < -0.3 is 5.11 Å². The summed E-state index contributed by atoms with van der Waals surface area (Å²) in [6.45, 7) is 4.28. The van der Waals surface area contributed by atoms with Crippen molar-refractivity contribution in [2.24, 2.45) is 0 Å². The third kappa shape index (κ3) is 4.03. The van der Waals surface area contributed by atoms with Crippen molar-refractivity contribution in [2.45, 2.75) is 44.9 Å². The standard InChI is InChI=1S/C21H21ClF3NO2/c1-12-5-7-15(13(2)10-12)19(26-9-3-4-18(26)20(27)28)16-11-14(21(23,24)25)6-8-17(16)22/h5-8,10-11,18-19H,3-4,9H2,1-2H3,(H,27,28). The lowest BCUT2D eigenvalue weighted by Gasteiger charge is -2.34. The van der Waals surface area contributed by atoms with Crippen molar-refractivity contribution in [3.63, 3.8) is 0 Å². The molecule has 7 heteroatoms. The maximum atomic E-state index is 13.3. The summed E-state index contributed by atoms with van der Waals surface area (Å²) in [7, 11) is 0. The molecule has 0 spiro atoms. The average Bonchev–Trinajstić information content (AvgIpc) is 3.07. The van der Waals surface area contributed by atoms with Crippen molar-refractivity contribution < 1.29 is 23.1 Å². The molecular formula is C21H21ClF3NO2. The smallest absolute Gasteiger partial charge is 0.416 e. The van der Waals surface area contributed by atoms with Crippen LogP contribution in [0.2, 0.25) is 5.02 Å². The maximum absolute atomic E-state index is 13.3. The highest BCUT2D eigenvalue weighted by Crippen LogP contribution is 2.41. The van der Waals surface area contributed by atoms with Crippen molar-refractivity contribution in [3.8, 4) is 0 Å². The average molecular weight is 412 g/mol. The minimum Gasteiger partial charge on any atom is -0.480 e. The molecule has 1 saturated heterocycles. The van der Waals surface area contributed by atoms with Crippen LogP contribution in [-0.4, -0.2) is 28.6 Å². The van der Waals surface area contributed by atoms with Gasteiger partial charge in [0.1, 0.15) is 6.04 Å². The number of halogens is 4. The summed E-state index contributed by atoms with van der Waals surface area (Å²) in [6, 6.07) is 7.46. The fourth-order valence-electron chi connectivity index (χ4n) is 3.95. The highest BCUT2D eigenvalue weighted by molar-refractivity contribution is 6.31. The fraction of sp³-hybridized carbons (Fsp3) is 0.381. The van der Waals surface area contributed by atoms with Gasteiger partial charge in [-0.1, -0.05) is 35.4 Å². The number of aryl methyl sites for hydroxylation is 2. The highest BCUT2D eigenvalue weighted by Gasteiger charge is 2.39. The number of nitrogens with zero attached hydrogens (tertiary/aromatic N) is 1. The van der Waals surface area contributed by atoms with Crippen LogP contribution in [0.15, 0.2) is 36.4 Å². The fourth-order valence-corrected chi connectivity index (χ4v) is 4.17. The highest BCUT2D eigenvalue weighted by atomic mass is 35.5. The van der Waals surface area contributed by atoms with Gasteiger partial charge in [0.25, 0.3) is 0 Å². The number of rotatable bonds is 4. The maximum Gasteiger partial charge on any atom is 0.416 e. The van der Waals surface area contributed by atoms with E-state index in [0.717, 1.165) is 28.8 Å². The van der Waals surface area contributed by atoms with Crippen LogP contribution in [0.3, 0.4) is 0 Å². The first kappa shape index (κ1) is 20.7. The molecule has 1 aliphatic heterocycles. The molecule has 1 heterocycles. The minimum absolute atomic E-state index is 0.189. The molecule has 1 aliphatic rings. The van der Waals surface area contributed by atoms with Gasteiger partial charge >= 0.3 is 12.1 Å². The second-order valence-electron chi connectivity index (χ2n) is 7.23. The lowest BCUT2D eigenvalue weighted by Crippen LogP contribution is -2.39. The topological polar surface area (TPSA) is 40.5 Å². The van der Waals surface area contributed by atoms with E-state index in [1.807, 2.05) is 32.0 Å². The van der Waals surface area contributed by atoms with Crippen molar-refractivity contribution in [1.82, 2.24) is 4.90 Å². The first-order valence-corrected chi connectivity index (χ1v) is 9.39. The van der Waals surface area contributed by atoms with E-state index in [-0.39, 0.29) is 10.6 Å². The number of benzene rings is 2. The van der Waals surface area contributed by atoms with E-state index in [1.165, 1.54) is 6.07 Å². The third-order valence-electron chi connectivity index (χ3n) is 5.25. The zero-order chi connectivity index (χ0) is 20.6. The molecule has 2 unspecified atom stereocenters. The number of carbonyl (C=O) groups is 1. The van der Waals surface area contributed by atoms with Gasteiger partial charge in [0.2, 0.25) is 0 Å². The molecule has 0 aliphatic carbocycles. The monoisotopic (exact) mass is 411 g/mol. The van der Waals surface area contributed by atoms with E-state index in [0.29, 0.717) is 19.4 Å². The molecular weight excluding hydrogens is 391 g/mol. The van der Waals surface area contributed by atoms with E-state index in [4.69, 9.17) is 11.6 Å². The van der Waals surface area contributed by atoms with E-state index in [1.54, 1.807) is 4.90 Å². The Morgan fingerprint density at radius 3 is 2.50 bits per heavy atom. The van der Waals surface area contributed by atoms with Gasteiger partial charge in [0.05, 0.1) is 11.6 Å². The number of carboxylic acid groups (broad SMARTS) is 1. The molecule has 150 valence electrons. The van der Waals surface area contributed by atoms with Gasteiger partial charge in [-0.2, -0.15) is 13.2 Å². The van der Waals surface area contributed by atoms with Gasteiger partial charge in [-0.15, -0.1) is 0 Å². The summed E-state index contributed by atoms with van der Waals surface area (Å²) in [4.78, 5) is 13.5. The van der Waals surface area contributed by atoms with Crippen molar-refractivity contribution in [3.05, 3.63) is 69.2 Å². The zero-order valence-electron chi connectivity index (χ0n) is 15.6. The molecule has 0 bridgehead atoms. The Bertz CT molecular complexity index is 898. The molecule has 1 fully saturated rings. The number of hydrogen-bond acceptors (Lipinski definition) is 2. The molecule has 2 aromatic rings. The van der Waals surface area contributed by atoms with Crippen LogP contribution >= 0.6 is 11.6 Å². The molecule has 1 N–H and O–H groups in total. The minimum atomic E-state index is -4.51. The lowest BCUT2D eigenvalue weighted by atomic mass is 9.91. The normalized spacial score (nSPS) is 19.0. The van der Waals surface area contributed by atoms with Gasteiger partial charge in [-0.25, -0.2) is 0 Å². The van der Waals surface area contributed by atoms with Gasteiger partial charge in [-0.3, -0.25) is 9.69 Å². The van der Waals surface area contributed by atoms with Crippen LogP contribution in [0.4, 0.5) is 13.2 Å². The quantitative estimate of drug-likeness (QED) is 0.710. The Balaban J connectivity index is 2.21. The summed E-state index contributed by atoms with van der Waals surface area (Å²) >= 11 is 6.34. The van der Waals surface area contributed by atoms with E-state index in [9.17, 15) is 23.1 Å². The van der Waals surface area contributed by atoms with Crippen LogP contribution < -0.4 is 0 Å². The van der Waals surface area contributed by atoms with Gasteiger partial charge in [0.15, 0.2) is 0 Å². The number of carboxylic acids is 1. The van der Waals surface area contributed by atoms with E-state index >= 15 is 0 Å². The molecule has 2 atom stereocenters. The molecule has 3 rings (SSSR count). The van der Waals surface area contributed by atoms with E-state index in [2.05, 4.69) is 0 Å². The Morgan fingerprint density at radius 1 is 1.18 bits per heavy atom. The number of hydrogen-bond donors (Lipinski definition) is 1. The molecule has 2 aromatic carbocycles. The predicted molar refractivity (Wildman–Crippen MR) is 102 cm³/mol. The van der Waals surface area contributed by atoms with Crippen molar-refractivity contribution >= 4 is 17.6 Å². The SMILES string of the molecule is Cc1ccc(C(c2cc(C(F)(F)F)ccc2Cl)N2CCCC2C(=O)O)c(C)c1. The molecule has 0 amide bonds. The van der Waals surface area contributed by atoms with E-state index < -0.39 is 29.8 Å². The summed E-state index contributed by atoms with van der Waals surface area (Å²) < 4.78 is 40.0. The Hall–Kier alpha value is -2.05. The molecule has 0 radical (unpaired) electrons. The Morgan fingerprint density at radius 2 is 1.89 bits per heavy atom. The number of aliphatic carboxylic acids is 1.